The van der Waals surface area contributed by atoms with E-state index in [1.54, 1.807) is 0 Å². The van der Waals surface area contributed by atoms with Crippen LogP contribution < -0.4 is 10.2 Å². The summed E-state index contributed by atoms with van der Waals surface area (Å²) in [6, 6.07) is 6.77. The molecule has 0 bridgehead atoms. The van der Waals surface area contributed by atoms with Crippen molar-refractivity contribution in [2.45, 2.75) is 31.8 Å². The molecule has 0 spiro atoms. The fourth-order valence-corrected chi connectivity index (χ4v) is 2.92. The first kappa shape index (κ1) is 15.1. The molecule has 1 aliphatic heterocycles. The number of benzene rings is 1. The van der Waals surface area contributed by atoms with Crippen molar-refractivity contribution in [2.24, 2.45) is 0 Å². The van der Waals surface area contributed by atoms with Gasteiger partial charge in [0.05, 0.1) is 0 Å². The van der Waals surface area contributed by atoms with E-state index < -0.39 is 0 Å². The second-order valence-electron chi connectivity index (χ2n) is 5.91. The van der Waals surface area contributed by atoms with Crippen LogP contribution in [0.3, 0.4) is 0 Å². The SMILES string of the molecule is CNC(C)c1ccc(N(C)CC2CCCN2C)cc1O. The molecule has 2 atom stereocenters. The lowest BCUT2D eigenvalue weighted by molar-refractivity contribution is 0.314. The molecule has 0 amide bonds. The van der Waals surface area contributed by atoms with Crippen LogP contribution in [0, 0.1) is 0 Å². The van der Waals surface area contributed by atoms with E-state index in [9.17, 15) is 5.11 Å². The summed E-state index contributed by atoms with van der Waals surface area (Å²) in [6.07, 6.45) is 2.56. The third kappa shape index (κ3) is 3.25. The molecule has 1 heterocycles. The number of nitrogens with one attached hydrogen (secondary N) is 1. The lowest BCUT2D eigenvalue weighted by Crippen LogP contribution is -2.36. The lowest BCUT2D eigenvalue weighted by atomic mass is 10.1. The third-order valence-corrected chi connectivity index (χ3v) is 4.51. The van der Waals surface area contributed by atoms with Gasteiger partial charge in [0.25, 0.3) is 0 Å². The zero-order valence-corrected chi connectivity index (χ0v) is 13.1. The molecule has 0 aromatic heterocycles. The van der Waals surface area contributed by atoms with E-state index in [0.717, 1.165) is 17.8 Å². The van der Waals surface area contributed by atoms with E-state index in [0.29, 0.717) is 11.8 Å². The molecule has 1 aromatic rings. The van der Waals surface area contributed by atoms with Crippen LogP contribution >= 0.6 is 0 Å². The molecule has 0 radical (unpaired) electrons. The van der Waals surface area contributed by atoms with Gasteiger partial charge in [-0.25, -0.2) is 0 Å². The predicted octanol–water partition coefficient (Wildman–Crippen LogP) is 2.20. The van der Waals surface area contributed by atoms with Crippen LogP contribution in [-0.2, 0) is 0 Å². The van der Waals surface area contributed by atoms with E-state index in [1.807, 2.05) is 26.1 Å². The molecule has 0 aliphatic carbocycles. The van der Waals surface area contributed by atoms with Crippen molar-refractivity contribution in [3.8, 4) is 5.75 Å². The topological polar surface area (TPSA) is 38.7 Å². The van der Waals surface area contributed by atoms with Crippen molar-refractivity contribution in [3.63, 3.8) is 0 Å². The summed E-state index contributed by atoms with van der Waals surface area (Å²) in [4.78, 5) is 4.66. The van der Waals surface area contributed by atoms with Gasteiger partial charge in [-0.2, -0.15) is 0 Å². The smallest absolute Gasteiger partial charge is 0.122 e. The van der Waals surface area contributed by atoms with Crippen LogP contribution in [0.25, 0.3) is 0 Å². The van der Waals surface area contributed by atoms with Gasteiger partial charge < -0.3 is 20.2 Å². The normalized spacial score (nSPS) is 21.1. The minimum Gasteiger partial charge on any atom is -0.508 e. The molecular weight excluding hydrogens is 250 g/mol. The highest BCUT2D eigenvalue weighted by Gasteiger charge is 2.22. The number of likely N-dealkylation sites (tertiary alicyclic amines) is 1. The standard InChI is InChI=1S/C16H27N3O/c1-12(17-2)15-8-7-13(10-16(15)20)19(4)11-14-6-5-9-18(14)3/h7-8,10,12,14,17,20H,5-6,9,11H2,1-4H3. The van der Waals surface area contributed by atoms with Gasteiger partial charge in [-0.05, 0) is 46.5 Å². The maximum absolute atomic E-state index is 10.2. The van der Waals surface area contributed by atoms with Crippen LogP contribution in [0.2, 0.25) is 0 Å². The Morgan fingerprint density at radius 3 is 2.80 bits per heavy atom. The molecule has 0 saturated carbocycles. The van der Waals surface area contributed by atoms with E-state index in [1.165, 1.54) is 19.4 Å². The van der Waals surface area contributed by atoms with Gasteiger partial charge in [-0.1, -0.05) is 6.07 Å². The van der Waals surface area contributed by atoms with E-state index >= 15 is 0 Å². The number of aromatic hydroxyl groups is 1. The number of nitrogens with zero attached hydrogens (tertiary/aromatic N) is 2. The summed E-state index contributed by atoms with van der Waals surface area (Å²) in [6.45, 7) is 4.26. The largest absolute Gasteiger partial charge is 0.508 e. The van der Waals surface area contributed by atoms with Crippen LogP contribution in [0.15, 0.2) is 18.2 Å². The molecule has 1 aliphatic rings. The molecule has 4 nitrogen and oxygen atoms in total. The van der Waals surface area contributed by atoms with Crippen molar-refractivity contribution in [1.29, 1.82) is 0 Å². The number of hydrogen-bond donors (Lipinski definition) is 2. The molecule has 1 saturated heterocycles. The number of anilines is 1. The maximum Gasteiger partial charge on any atom is 0.122 e. The fourth-order valence-electron chi connectivity index (χ4n) is 2.92. The molecule has 20 heavy (non-hydrogen) atoms. The van der Waals surface area contributed by atoms with Crippen molar-refractivity contribution in [1.82, 2.24) is 10.2 Å². The summed E-state index contributed by atoms with van der Waals surface area (Å²) >= 11 is 0. The molecule has 1 fully saturated rings. The first-order valence-corrected chi connectivity index (χ1v) is 7.44. The second-order valence-corrected chi connectivity index (χ2v) is 5.91. The first-order chi connectivity index (χ1) is 9.52. The van der Waals surface area contributed by atoms with E-state index in [-0.39, 0.29) is 6.04 Å². The summed E-state index contributed by atoms with van der Waals surface area (Å²) in [5.74, 6) is 0.371. The monoisotopic (exact) mass is 277 g/mol. The fraction of sp³-hybridized carbons (Fsp3) is 0.625. The molecule has 1 aromatic carbocycles. The van der Waals surface area contributed by atoms with Crippen LogP contribution in [0.4, 0.5) is 5.69 Å². The van der Waals surface area contributed by atoms with Gasteiger partial charge in [0.1, 0.15) is 5.75 Å². The Morgan fingerprint density at radius 1 is 1.50 bits per heavy atom. The highest BCUT2D eigenvalue weighted by Crippen LogP contribution is 2.29. The summed E-state index contributed by atoms with van der Waals surface area (Å²) < 4.78 is 0. The van der Waals surface area contributed by atoms with Crippen LogP contribution in [0.1, 0.15) is 31.4 Å². The molecule has 112 valence electrons. The molecular formula is C16H27N3O. The summed E-state index contributed by atoms with van der Waals surface area (Å²) in [7, 11) is 6.20. The van der Waals surface area contributed by atoms with Gasteiger partial charge in [-0.3, -0.25) is 0 Å². The van der Waals surface area contributed by atoms with E-state index in [4.69, 9.17) is 0 Å². The van der Waals surface area contributed by atoms with Gasteiger partial charge in [0, 0.05) is 43.0 Å². The Labute approximate surface area is 122 Å². The van der Waals surface area contributed by atoms with Crippen LogP contribution in [-0.4, -0.2) is 50.3 Å². The average Bonchev–Trinajstić information content (AvgIpc) is 2.83. The highest BCUT2D eigenvalue weighted by molar-refractivity contribution is 5.53. The number of rotatable bonds is 5. The zero-order chi connectivity index (χ0) is 14.7. The minimum absolute atomic E-state index is 0.162. The average molecular weight is 277 g/mol. The third-order valence-electron chi connectivity index (χ3n) is 4.51. The van der Waals surface area contributed by atoms with E-state index in [2.05, 4.69) is 35.3 Å². The number of phenols is 1. The van der Waals surface area contributed by atoms with Gasteiger partial charge >= 0.3 is 0 Å². The van der Waals surface area contributed by atoms with Crippen molar-refractivity contribution >= 4 is 5.69 Å². The molecule has 2 N–H and O–H groups in total. The highest BCUT2D eigenvalue weighted by atomic mass is 16.3. The maximum atomic E-state index is 10.2. The quantitative estimate of drug-likeness (QED) is 0.865. The van der Waals surface area contributed by atoms with Crippen molar-refractivity contribution in [2.75, 3.05) is 39.1 Å². The lowest BCUT2D eigenvalue weighted by Gasteiger charge is -2.28. The minimum atomic E-state index is 0.162. The van der Waals surface area contributed by atoms with Crippen LogP contribution in [0.5, 0.6) is 5.75 Å². The molecule has 4 heteroatoms. The summed E-state index contributed by atoms with van der Waals surface area (Å²) in [5.41, 5.74) is 2.03. The predicted molar refractivity (Wildman–Crippen MR) is 84.5 cm³/mol. The Kier molecular flexibility index (Phi) is 4.89. The van der Waals surface area contributed by atoms with Crippen molar-refractivity contribution < 1.29 is 5.11 Å². The Bertz CT molecular complexity index is 449. The zero-order valence-electron chi connectivity index (χ0n) is 13.1. The second kappa shape index (κ2) is 6.46. The number of likely N-dealkylation sites (N-methyl/N-ethyl adjacent to an activating group) is 2. The van der Waals surface area contributed by atoms with Gasteiger partial charge in [0.15, 0.2) is 0 Å². The number of phenolic OH excluding ortho intramolecular Hbond substituents is 1. The molecule has 2 rings (SSSR count). The Morgan fingerprint density at radius 2 is 2.25 bits per heavy atom. The Balaban J connectivity index is 2.06. The Hall–Kier alpha value is -1.26. The molecule has 2 unspecified atom stereocenters. The van der Waals surface area contributed by atoms with Crippen molar-refractivity contribution in [3.05, 3.63) is 23.8 Å². The van der Waals surface area contributed by atoms with Gasteiger partial charge in [0.2, 0.25) is 0 Å². The van der Waals surface area contributed by atoms with Gasteiger partial charge in [-0.15, -0.1) is 0 Å². The summed E-state index contributed by atoms with van der Waals surface area (Å²) in [5, 5.41) is 13.3. The first-order valence-electron chi connectivity index (χ1n) is 7.44. The number of hydrogen-bond acceptors (Lipinski definition) is 4.